The van der Waals surface area contributed by atoms with Gasteiger partial charge in [0.25, 0.3) is 0 Å². The zero-order valence-electron chi connectivity index (χ0n) is 17.7. The predicted molar refractivity (Wildman–Crippen MR) is 123 cm³/mol. The van der Waals surface area contributed by atoms with E-state index in [1.54, 1.807) is 7.11 Å². The number of methoxy groups -OCH3 is 1. The molecule has 3 aromatic carbocycles. The Morgan fingerprint density at radius 2 is 1.48 bits per heavy atom. The van der Waals surface area contributed by atoms with E-state index in [1.165, 1.54) is 7.11 Å². The average molecular weight is 435 g/mol. The fourth-order valence-corrected chi connectivity index (χ4v) is 6.07. The zero-order chi connectivity index (χ0) is 21.8. The van der Waals surface area contributed by atoms with Crippen LogP contribution in [0.4, 0.5) is 5.69 Å². The van der Waals surface area contributed by atoms with Crippen LogP contribution in [-0.4, -0.2) is 26.3 Å². The summed E-state index contributed by atoms with van der Waals surface area (Å²) in [5.74, 6) is 0.550. The minimum absolute atomic E-state index is 0.0442. The highest BCUT2D eigenvalue weighted by atomic mass is 31.2. The second-order valence-corrected chi connectivity index (χ2v) is 10.2. The molecule has 1 heterocycles. The molecule has 3 aromatic rings. The fourth-order valence-electron chi connectivity index (χ4n) is 4.18. The highest BCUT2D eigenvalue weighted by Gasteiger charge is 2.49. The molecule has 1 aliphatic rings. The molecule has 0 bridgehead atoms. The van der Waals surface area contributed by atoms with Crippen LogP contribution in [0.25, 0.3) is 0 Å². The van der Waals surface area contributed by atoms with Crippen LogP contribution in [0.15, 0.2) is 84.9 Å². The SMILES string of the molecule is COc1ccc([C@@H]2[C@@H](CCP(=O)(OC)c3ccccc3)C(=O)N2c2ccccc2)cc1. The van der Waals surface area contributed by atoms with E-state index in [0.717, 1.165) is 17.0 Å². The number of para-hydroxylation sites is 1. The molecule has 1 aliphatic heterocycles. The minimum atomic E-state index is -3.03. The van der Waals surface area contributed by atoms with Crippen LogP contribution in [0, 0.1) is 5.92 Å². The minimum Gasteiger partial charge on any atom is -0.497 e. The van der Waals surface area contributed by atoms with Crippen LogP contribution in [0.1, 0.15) is 18.0 Å². The number of amides is 1. The standard InChI is InChI=1S/C25H26NO4P/c1-29-21-15-13-19(14-16-21)24-23(25(27)26(24)20-9-5-3-6-10-20)17-18-31(28,30-2)22-11-7-4-8-12-22/h3-16,23-24H,17-18H2,1-2H3/t23-,24-,31?/m1/s1. The highest BCUT2D eigenvalue weighted by molar-refractivity contribution is 7.66. The van der Waals surface area contributed by atoms with Gasteiger partial charge in [-0.15, -0.1) is 0 Å². The number of anilines is 1. The van der Waals surface area contributed by atoms with Crippen molar-refractivity contribution < 1.29 is 18.6 Å². The Kier molecular flexibility index (Phi) is 6.26. The summed E-state index contributed by atoms with van der Waals surface area (Å²) in [5, 5.41) is 0.685. The Balaban J connectivity index is 1.61. The van der Waals surface area contributed by atoms with Crippen molar-refractivity contribution in [2.24, 2.45) is 5.92 Å². The first-order valence-electron chi connectivity index (χ1n) is 10.3. The zero-order valence-corrected chi connectivity index (χ0v) is 18.6. The molecule has 1 amide bonds. The van der Waals surface area contributed by atoms with Crippen molar-refractivity contribution in [1.29, 1.82) is 0 Å². The van der Waals surface area contributed by atoms with E-state index >= 15 is 0 Å². The van der Waals surface area contributed by atoms with Gasteiger partial charge in [0.05, 0.1) is 19.1 Å². The van der Waals surface area contributed by atoms with E-state index in [4.69, 9.17) is 9.26 Å². The largest absolute Gasteiger partial charge is 0.497 e. The van der Waals surface area contributed by atoms with Gasteiger partial charge in [0.2, 0.25) is 13.3 Å². The van der Waals surface area contributed by atoms with Gasteiger partial charge in [-0.05, 0) is 48.4 Å². The predicted octanol–water partition coefficient (Wildman–Crippen LogP) is 5.04. The molecule has 5 nitrogen and oxygen atoms in total. The number of rotatable bonds is 8. The normalized spacial score (nSPS) is 20.1. The van der Waals surface area contributed by atoms with Crippen LogP contribution in [0.3, 0.4) is 0 Å². The summed E-state index contributed by atoms with van der Waals surface area (Å²) < 4.78 is 24.2. The molecule has 1 fully saturated rings. The summed E-state index contributed by atoms with van der Waals surface area (Å²) in [6.45, 7) is 0. The Bertz CT molecular complexity index is 1070. The fraction of sp³-hybridized carbons (Fsp3) is 0.240. The van der Waals surface area contributed by atoms with Crippen LogP contribution < -0.4 is 14.9 Å². The van der Waals surface area contributed by atoms with Crippen LogP contribution in [-0.2, 0) is 13.9 Å². The second-order valence-electron chi connectivity index (χ2n) is 7.57. The smallest absolute Gasteiger partial charge is 0.233 e. The quantitative estimate of drug-likeness (QED) is 0.368. The molecule has 1 unspecified atom stereocenters. The number of hydrogen-bond acceptors (Lipinski definition) is 4. The number of carbonyl (C=O) groups excluding carboxylic acids is 1. The molecule has 0 N–H and O–H groups in total. The van der Waals surface area contributed by atoms with Crippen molar-refractivity contribution in [2.75, 3.05) is 25.3 Å². The molecule has 160 valence electrons. The van der Waals surface area contributed by atoms with E-state index in [2.05, 4.69) is 0 Å². The molecular formula is C25H26NO4P. The van der Waals surface area contributed by atoms with Gasteiger partial charge >= 0.3 is 0 Å². The van der Waals surface area contributed by atoms with Crippen molar-refractivity contribution in [3.05, 3.63) is 90.5 Å². The number of nitrogens with zero attached hydrogens (tertiary/aromatic N) is 1. The van der Waals surface area contributed by atoms with Crippen molar-refractivity contribution in [1.82, 2.24) is 0 Å². The lowest BCUT2D eigenvalue weighted by atomic mass is 9.80. The van der Waals surface area contributed by atoms with Crippen LogP contribution in [0.5, 0.6) is 5.75 Å². The maximum absolute atomic E-state index is 13.4. The third-order valence-corrected chi connectivity index (χ3v) is 8.41. The summed E-state index contributed by atoms with van der Waals surface area (Å²) in [4.78, 5) is 15.0. The molecule has 0 spiro atoms. The molecule has 4 rings (SSSR count). The summed E-state index contributed by atoms with van der Waals surface area (Å²) in [7, 11) is 0.0860. The Morgan fingerprint density at radius 3 is 2.06 bits per heavy atom. The Labute approximate surface area is 183 Å². The number of carbonyl (C=O) groups is 1. The van der Waals surface area contributed by atoms with Gasteiger partial charge in [0.15, 0.2) is 0 Å². The molecule has 31 heavy (non-hydrogen) atoms. The number of ether oxygens (including phenoxy) is 1. The number of benzene rings is 3. The van der Waals surface area contributed by atoms with Gasteiger partial charge in [-0.2, -0.15) is 0 Å². The lowest BCUT2D eigenvalue weighted by molar-refractivity contribution is -0.130. The van der Waals surface area contributed by atoms with Gasteiger partial charge in [-0.1, -0.05) is 48.5 Å². The topological polar surface area (TPSA) is 55.8 Å². The van der Waals surface area contributed by atoms with Gasteiger partial charge in [0, 0.05) is 24.3 Å². The maximum atomic E-state index is 13.4. The van der Waals surface area contributed by atoms with Crippen molar-refractivity contribution in [3.8, 4) is 5.75 Å². The molecule has 1 saturated heterocycles. The summed E-state index contributed by atoms with van der Waals surface area (Å²) >= 11 is 0. The van der Waals surface area contributed by atoms with Crippen LogP contribution >= 0.6 is 7.37 Å². The lowest BCUT2D eigenvalue weighted by Crippen LogP contribution is -2.55. The van der Waals surface area contributed by atoms with E-state index in [-0.39, 0.29) is 17.9 Å². The third-order valence-electron chi connectivity index (χ3n) is 5.88. The van der Waals surface area contributed by atoms with Gasteiger partial charge < -0.3 is 14.2 Å². The molecule has 0 aliphatic carbocycles. The van der Waals surface area contributed by atoms with Gasteiger partial charge in [-0.25, -0.2) is 0 Å². The maximum Gasteiger partial charge on any atom is 0.233 e. The Hall–Kier alpha value is -2.88. The first kappa shape index (κ1) is 21.4. The van der Waals surface area contributed by atoms with E-state index in [0.29, 0.717) is 17.9 Å². The van der Waals surface area contributed by atoms with E-state index < -0.39 is 7.37 Å². The molecule has 0 radical (unpaired) electrons. The summed E-state index contributed by atoms with van der Waals surface area (Å²) in [6, 6.07) is 26.6. The lowest BCUT2D eigenvalue weighted by Gasteiger charge is -2.48. The summed E-state index contributed by atoms with van der Waals surface area (Å²) in [6.07, 6.45) is 0.804. The summed E-state index contributed by atoms with van der Waals surface area (Å²) in [5.41, 5.74) is 1.89. The monoisotopic (exact) mass is 435 g/mol. The number of β-lactam (4-membered cyclic amide) rings is 1. The highest BCUT2D eigenvalue weighted by Crippen LogP contribution is 2.51. The van der Waals surface area contributed by atoms with Crippen LogP contribution in [0.2, 0.25) is 0 Å². The van der Waals surface area contributed by atoms with Gasteiger partial charge in [0.1, 0.15) is 5.75 Å². The third kappa shape index (κ3) is 4.16. The second kappa shape index (κ2) is 9.09. The Morgan fingerprint density at radius 1 is 0.871 bits per heavy atom. The van der Waals surface area contributed by atoms with Crippen molar-refractivity contribution in [3.63, 3.8) is 0 Å². The van der Waals surface area contributed by atoms with E-state index in [9.17, 15) is 9.36 Å². The van der Waals surface area contributed by atoms with E-state index in [1.807, 2.05) is 89.8 Å². The molecule has 0 aromatic heterocycles. The molecule has 6 heteroatoms. The average Bonchev–Trinajstić information content (AvgIpc) is 2.83. The van der Waals surface area contributed by atoms with Gasteiger partial charge in [-0.3, -0.25) is 9.36 Å². The first-order valence-corrected chi connectivity index (χ1v) is 12.1. The van der Waals surface area contributed by atoms with Crippen molar-refractivity contribution in [2.45, 2.75) is 12.5 Å². The molecular weight excluding hydrogens is 409 g/mol. The van der Waals surface area contributed by atoms with Crippen molar-refractivity contribution >= 4 is 24.3 Å². The molecule has 0 saturated carbocycles. The molecule has 3 atom stereocenters. The number of hydrogen-bond donors (Lipinski definition) is 0. The first-order chi connectivity index (χ1) is 15.1.